The van der Waals surface area contributed by atoms with E-state index in [9.17, 15) is 4.79 Å². The highest BCUT2D eigenvalue weighted by molar-refractivity contribution is 5.80. The van der Waals surface area contributed by atoms with Gasteiger partial charge < -0.3 is 4.98 Å². The Morgan fingerprint density at radius 3 is 2.16 bits per heavy atom. The molecule has 0 radical (unpaired) electrons. The van der Waals surface area contributed by atoms with Gasteiger partial charge in [-0.3, -0.25) is 9.36 Å². The maximum Gasteiger partial charge on any atom is 0.263 e. The summed E-state index contributed by atoms with van der Waals surface area (Å²) in [6, 6.07) is 0. The Morgan fingerprint density at radius 2 is 1.68 bits per heavy atom. The first kappa shape index (κ1) is 13.8. The molecule has 0 saturated carbocycles. The fourth-order valence-electron chi connectivity index (χ4n) is 2.42. The summed E-state index contributed by atoms with van der Waals surface area (Å²) in [4.78, 5) is 20.4. The minimum absolute atomic E-state index is 0.0288. The largest absolute Gasteiger partial charge is 0.346 e. The second kappa shape index (κ2) is 3.95. The molecule has 0 unspecified atom stereocenters. The van der Waals surface area contributed by atoms with Gasteiger partial charge in [0.1, 0.15) is 11.5 Å². The minimum Gasteiger partial charge on any atom is -0.346 e. The second-order valence-electron chi connectivity index (χ2n) is 7.23. The predicted octanol–water partition coefficient (Wildman–Crippen LogP) is 2.86. The second-order valence-corrected chi connectivity index (χ2v) is 7.23. The number of nitrogens with zero attached hydrogens (tertiary/aromatic N) is 2. The standard InChI is InChI=1S/C15H23N3O/c1-14(2,3)9-8-16-11-10(9)12(19)18(7)13(17-11)15(4,5)6/h8,16H,1-7H3. The van der Waals surface area contributed by atoms with E-state index in [-0.39, 0.29) is 16.4 Å². The van der Waals surface area contributed by atoms with Crippen LogP contribution in [0.2, 0.25) is 0 Å². The highest BCUT2D eigenvalue weighted by atomic mass is 16.1. The Bertz CT molecular complexity index is 678. The van der Waals surface area contributed by atoms with Crippen LogP contribution < -0.4 is 5.56 Å². The van der Waals surface area contributed by atoms with Crippen LogP contribution in [-0.4, -0.2) is 14.5 Å². The summed E-state index contributed by atoms with van der Waals surface area (Å²) in [5, 5.41) is 0.711. The quantitative estimate of drug-likeness (QED) is 0.792. The van der Waals surface area contributed by atoms with Gasteiger partial charge in [-0.05, 0) is 11.0 Å². The van der Waals surface area contributed by atoms with Gasteiger partial charge in [0, 0.05) is 18.7 Å². The fourth-order valence-corrected chi connectivity index (χ4v) is 2.42. The van der Waals surface area contributed by atoms with Gasteiger partial charge in [-0.25, -0.2) is 4.98 Å². The van der Waals surface area contributed by atoms with E-state index in [1.165, 1.54) is 0 Å². The summed E-state index contributed by atoms with van der Waals surface area (Å²) in [5.41, 5.74) is 1.51. The summed E-state index contributed by atoms with van der Waals surface area (Å²) >= 11 is 0. The molecular weight excluding hydrogens is 238 g/mol. The van der Waals surface area contributed by atoms with Crippen molar-refractivity contribution in [2.75, 3.05) is 0 Å². The average Bonchev–Trinajstić information content (AvgIpc) is 2.64. The number of fused-ring (bicyclic) bond motifs is 1. The monoisotopic (exact) mass is 261 g/mol. The molecule has 0 amide bonds. The van der Waals surface area contributed by atoms with E-state index in [0.717, 1.165) is 11.4 Å². The van der Waals surface area contributed by atoms with E-state index in [2.05, 4.69) is 51.5 Å². The zero-order chi connectivity index (χ0) is 14.6. The van der Waals surface area contributed by atoms with Crippen LogP contribution in [0.4, 0.5) is 0 Å². The maximum atomic E-state index is 12.6. The van der Waals surface area contributed by atoms with E-state index in [1.807, 2.05) is 6.20 Å². The molecule has 1 N–H and O–H groups in total. The molecule has 4 heteroatoms. The normalized spacial score (nSPS) is 13.2. The third kappa shape index (κ3) is 2.20. The van der Waals surface area contributed by atoms with Crippen LogP contribution in [0, 0.1) is 0 Å². The van der Waals surface area contributed by atoms with E-state index < -0.39 is 0 Å². The average molecular weight is 261 g/mol. The Kier molecular flexibility index (Phi) is 2.88. The molecule has 0 spiro atoms. The lowest BCUT2D eigenvalue weighted by Gasteiger charge is -2.22. The molecule has 2 aromatic rings. The molecule has 0 aliphatic heterocycles. The molecule has 104 valence electrons. The van der Waals surface area contributed by atoms with Crippen molar-refractivity contribution < 1.29 is 0 Å². The summed E-state index contributed by atoms with van der Waals surface area (Å²) < 4.78 is 1.67. The highest BCUT2D eigenvalue weighted by Gasteiger charge is 2.25. The van der Waals surface area contributed by atoms with Gasteiger partial charge >= 0.3 is 0 Å². The van der Waals surface area contributed by atoms with Crippen LogP contribution in [0.1, 0.15) is 52.9 Å². The first-order valence-electron chi connectivity index (χ1n) is 6.62. The molecule has 2 rings (SSSR count). The van der Waals surface area contributed by atoms with Crippen LogP contribution in [0.5, 0.6) is 0 Å². The molecule has 19 heavy (non-hydrogen) atoms. The smallest absolute Gasteiger partial charge is 0.263 e. The van der Waals surface area contributed by atoms with Crippen molar-refractivity contribution in [2.24, 2.45) is 7.05 Å². The molecule has 0 saturated heterocycles. The highest BCUT2D eigenvalue weighted by Crippen LogP contribution is 2.28. The SMILES string of the molecule is Cn1c(C(C)(C)C)nc2[nH]cc(C(C)(C)C)c2c1=O. The lowest BCUT2D eigenvalue weighted by atomic mass is 9.87. The van der Waals surface area contributed by atoms with Crippen molar-refractivity contribution in [1.29, 1.82) is 0 Å². The number of rotatable bonds is 0. The molecular formula is C15H23N3O. The molecule has 0 aliphatic carbocycles. The van der Waals surface area contributed by atoms with Gasteiger partial charge in [-0.1, -0.05) is 41.5 Å². The van der Waals surface area contributed by atoms with Crippen molar-refractivity contribution in [3.63, 3.8) is 0 Å². The lowest BCUT2D eigenvalue weighted by Crippen LogP contribution is -2.30. The number of nitrogens with one attached hydrogen (secondary N) is 1. The van der Waals surface area contributed by atoms with Gasteiger partial charge in [0.2, 0.25) is 0 Å². The molecule has 0 aliphatic rings. The summed E-state index contributed by atoms with van der Waals surface area (Å²) in [6.45, 7) is 12.5. The Hall–Kier alpha value is -1.58. The van der Waals surface area contributed by atoms with Gasteiger partial charge in [-0.2, -0.15) is 0 Å². The van der Waals surface area contributed by atoms with Crippen LogP contribution >= 0.6 is 0 Å². The summed E-state index contributed by atoms with van der Waals surface area (Å²) in [5.74, 6) is 0.798. The van der Waals surface area contributed by atoms with Crippen molar-refractivity contribution in [3.8, 4) is 0 Å². The molecule has 0 bridgehead atoms. The Morgan fingerprint density at radius 1 is 1.11 bits per heavy atom. The number of aromatic amines is 1. The van der Waals surface area contributed by atoms with Crippen LogP contribution in [0.3, 0.4) is 0 Å². The number of hydrogen-bond acceptors (Lipinski definition) is 2. The summed E-state index contributed by atoms with van der Waals surface area (Å²) in [7, 11) is 1.80. The summed E-state index contributed by atoms with van der Waals surface area (Å²) in [6.07, 6.45) is 1.91. The van der Waals surface area contributed by atoms with Gasteiger partial charge in [0.05, 0.1) is 5.39 Å². The van der Waals surface area contributed by atoms with E-state index in [0.29, 0.717) is 11.0 Å². The lowest BCUT2D eigenvalue weighted by molar-refractivity contribution is 0.509. The zero-order valence-corrected chi connectivity index (χ0v) is 12.9. The maximum absolute atomic E-state index is 12.6. The van der Waals surface area contributed by atoms with Gasteiger partial charge in [0.25, 0.3) is 5.56 Å². The third-order valence-electron chi connectivity index (χ3n) is 3.39. The number of aromatic nitrogens is 3. The molecule has 0 atom stereocenters. The van der Waals surface area contributed by atoms with Gasteiger partial charge in [0.15, 0.2) is 0 Å². The Labute approximate surface area is 113 Å². The zero-order valence-electron chi connectivity index (χ0n) is 12.9. The van der Waals surface area contributed by atoms with Crippen molar-refractivity contribution in [1.82, 2.24) is 14.5 Å². The first-order chi connectivity index (χ1) is 8.53. The molecule has 2 heterocycles. The van der Waals surface area contributed by atoms with Crippen molar-refractivity contribution in [3.05, 3.63) is 27.9 Å². The minimum atomic E-state index is -0.158. The predicted molar refractivity (Wildman–Crippen MR) is 78.7 cm³/mol. The van der Waals surface area contributed by atoms with Crippen molar-refractivity contribution in [2.45, 2.75) is 52.4 Å². The van der Waals surface area contributed by atoms with E-state index >= 15 is 0 Å². The molecule has 0 aromatic carbocycles. The van der Waals surface area contributed by atoms with Crippen LogP contribution in [0.15, 0.2) is 11.0 Å². The molecule has 4 nitrogen and oxygen atoms in total. The third-order valence-corrected chi connectivity index (χ3v) is 3.39. The molecule has 0 fully saturated rings. The van der Waals surface area contributed by atoms with Gasteiger partial charge in [-0.15, -0.1) is 0 Å². The van der Waals surface area contributed by atoms with E-state index in [4.69, 9.17) is 0 Å². The fraction of sp³-hybridized carbons (Fsp3) is 0.600. The molecule has 2 aromatic heterocycles. The van der Waals surface area contributed by atoms with Crippen LogP contribution in [0.25, 0.3) is 11.0 Å². The topological polar surface area (TPSA) is 50.7 Å². The van der Waals surface area contributed by atoms with Crippen LogP contribution in [-0.2, 0) is 17.9 Å². The van der Waals surface area contributed by atoms with Crippen molar-refractivity contribution >= 4 is 11.0 Å². The Balaban J connectivity index is 2.88. The number of H-pyrrole nitrogens is 1. The van der Waals surface area contributed by atoms with E-state index in [1.54, 1.807) is 11.6 Å². The number of hydrogen-bond donors (Lipinski definition) is 1. The first-order valence-corrected chi connectivity index (χ1v) is 6.62.